The molecule has 2 aromatic heterocycles. The number of anilines is 3. The third kappa shape index (κ3) is 3.77. The molecule has 1 amide bonds. The third-order valence-corrected chi connectivity index (χ3v) is 3.71. The lowest BCUT2D eigenvalue weighted by atomic mass is 10.2. The number of benzene rings is 1. The Balaban J connectivity index is 1.69. The summed E-state index contributed by atoms with van der Waals surface area (Å²) in [4.78, 5) is 12.3. The molecule has 1 aromatic carbocycles. The molecule has 3 aromatic rings. The molecule has 0 saturated heterocycles. The Hall–Kier alpha value is -2.74. The van der Waals surface area contributed by atoms with E-state index in [0.29, 0.717) is 17.4 Å². The lowest BCUT2D eigenvalue weighted by Crippen LogP contribution is -2.15. The van der Waals surface area contributed by atoms with Crippen LogP contribution in [-0.4, -0.2) is 21.3 Å². The van der Waals surface area contributed by atoms with E-state index in [1.165, 1.54) is 0 Å². The summed E-state index contributed by atoms with van der Waals surface area (Å²) in [6.07, 6.45) is 0. The van der Waals surface area contributed by atoms with Gasteiger partial charge in [-0.2, -0.15) is 0 Å². The molecule has 0 aliphatic rings. The van der Waals surface area contributed by atoms with Gasteiger partial charge in [0.15, 0.2) is 17.3 Å². The van der Waals surface area contributed by atoms with E-state index in [-0.39, 0.29) is 11.6 Å². The van der Waals surface area contributed by atoms with Crippen LogP contribution in [-0.2, 0) is 0 Å². The van der Waals surface area contributed by atoms with Crippen molar-refractivity contribution < 1.29 is 9.32 Å². The maximum atomic E-state index is 12.3. The highest BCUT2D eigenvalue weighted by Crippen LogP contribution is 2.20. The van der Waals surface area contributed by atoms with Crippen molar-refractivity contribution in [2.24, 2.45) is 0 Å². The fourth-order valence-corrected chi connectivity index (χ4v) is 2.51. The predicted octanol–water partition coefficient (Wildman–Crippen LogP) is 3.84. The SMILES string of the molecule is Cc1cc(Nc2ccc(C(=O)Nc3ccc(Br)cc3C)nn2)no1. The molecule has 0 bridgehead atoms. The van der Waals surface area contributed by atoms with Crippen LogP contribution in [0.3, 0.4) is 0 Å². The average molecular weight is 388 g/mol. The van der Waals surface area contributed by atoms with Crippen molar-refractivity contribution >= 4 is 39.2 Å². The molecule has 0 spiro atoms. The van der Waals surface area contributed by atoms with Crippen LogP contribution in [0.15, 0.2) is 45.4 Å². The molecule has 0 saturated carbocycles. The summed E-state index contributed by atoms with van der Waals surface area (Å²) < 4.78 is 5.91. The number of halogens is 1. The monoisotopic (exact) mass is 387 g/mol. The highest BCUT2D eigenvalue weighted by Gasteiger charge is 2.11. The molecule has 2 N–H and O–H groups in total. The van der Waals surface area contributed by atoms with Crippen molar-refractivity contribution in [3.63, 3.8) is 0 Å². The summed E-state index contributed by atoms with van der Waals surface area (Å²) in [6, 6.07) is 10.6. The van der Waals surface area contributed by atoms with E-state index in [0.717, 1.165) is 15.7 Å². The van der Waals surface area contributed by atoms with Crippen molar-refractivity contribution in [2.75, 3.05) is 10.6 Å². The average Bonchev–Trinajstić information content (AvgIpc) is 2.96. The van der Waals surface area contributed by atoms with Crippen molar-refractivity contribution in [3.8, 4) is 0 Å². The van der Waals surface area contributed by atoms with Crippen LogP contribution in [0.1, 0.15) is 21.8 Å². The van der Waals surface area contributed by atoms with Crippen LogP contribution in [0.5, 0.6) is 0 Å². The normalized spacial score (nSPS) is 10.5. The number of rotatable bonds is 4. The summed E-state index contributed by atoms with van der Waals surface area (Å²) in [7, 11) is 0. The molecule has 7 nitrogen and oxygen atoms in total. The summed E-state index contributed by atoms with van der Waals surface area (Å²) in [5.41, 5.74) is 1.90. The molecular formula is C16H14BrN5O2. The van der Waals surface area contributed by atoms with Gasteiger partial charge in [-0.3, -0.25) is 4.79 Å². The molecule has 2 heterocycles. The molecule has 0 aliphatic carbocycles. The first-order chi connectivity index (χ1) is 11.5. The van der Waals surface area contributed by atoms with Crippen LogP contribution in [0.25, 0.3) is 0 Å². The summed E-state index contributed by atoms with van der Waals surface area (Å²) in [5.74, 6) is 1.37. The van der Waals surface area contributed by atoms with Gasteiger partial charge in [-0.25, -0.2) is 0 Å². The summed E-state index contributed by atoms with van der Waals surface area (Å²) in [5, 5.41) is 17.5. The van der Waals surface area contributed by atoms with E-state index >= 15 is 0 Å². The third-order valence-electron chi connectivity index (χ3n) is 3.22. The lowest BCUT2D eigenvalue weighted by Gasteiger charge is -2.08. The number of aromatic nitrogens is 3. The van der Waals surface area contributed by atoms with Gasteiger partial charge in [0.25, 0.3) is 5.91 Å². The number of carbonyl (C=O) groups is 1. The molecule has 0 fully saturated rings. The molecule has 0 aliphatic heterocycles. The Bertz CT molecular complexity index is 876. The van der Waals surface area contributed by atoms with Crippen LogP contribution in [0, 0.1) is 13.8 Å². The zero-order valence-electron chi connectivity index (χ0n) is 13.0. The largest absolute Gasteiger partial charge is 0.360 e. The van der Waals surface area contributed by atoms with Crippen LogP contribution in [0.4, 0.5) is 17.3 Å². The molecule has 0 radical (unpaired) electrons. The first kappa shape index (κ1) is 16.1. The number of aryl methyl sites for hydroxylation is 2. The summed E-state index contributed by atoms with van der Waals surface area (Å²) >= 11 is 3.39. The molecule has 3 rings (SSSR count). The van der Waals surface area contributed by atoms with Gasteiger partial charge in [0, 0.05) is 16.2 Å². The molecule has 24 heavy (non-hydrogen) atoms. The highest BCUT2D eigenvalue weighted by molar-refractivity contribution is 9.10. The maximum absolute atomic E-state index is 12.3. The Morgan fingerprint density at radius 1 is 1.08 bits per heavy atom. The van der Waals surface area contributed by atoms with E-state index in [9.17, 15) is 4.79 Å². The minimum atomic E-state index is -0.322. The van der Waals surface area contributed by atoms with Gasteiger partial charge in [-0.15, -0.1) is 10.2 Å². The van der Waals surface area contributed by atoms with Gasteiger partial charge in [0.2, 0.25) is 0 Å². The molecule has 0 atom stereocenters. The second-order valence-corrected chi connectivity index (χ2v) is 6.08. The second kappa shape index (κ2) is 6.79. The quantitative estimate of drug-likeness (QED) is 0.706. The van der Waals surface area contributed by atoms with Crippen molar-refractivity contribution in [3.05, 3.63) is 57.9 Å². The summed E-state index contributed by atoms with van der Waals surface area (Å²) in [6.45, 7) is 3.71. The van der Waals surface area contributed by atoms with Gasteiger partial charge >= 0.3 is 0 Å². The van der Waals surface area contributed by atoms with Crippen LogP contribution < -0.4 is 10.6 Å². The number of hydrogen-bond acceptors (Lipinski definition) is 6. The molecule has 0 unspecified atom stereocenters. The van der Waals surface area contributed by atoms with E-state index in [1.807, 2.05) is 25.1 Å². The van der Waals surface area contributed by atoms with Gasteiger partial charge in [-0.1, -0.05) is 21.1 Å². The maximum Gasteiger partial charge on any atom is 0.276 e. The van der Waals surface area contributed by atoms with Crippen LogP contribution >= 0.6 is 15.9 Å². The van der Waals surface area contributed by atoms with E-state index < -0.39 is 0 Å². The number of hydrogen-bond donors (Lipinski definition) is 2. The lowest BCUT2D eigenvalue weighted by molar-refractivity contribution is 0.102. The zero-order valence-corrected chi connectivity index (χ0v) is 14.6. The Morgan fingerprint density at radius 3 is 2.54 bits per heavy atom. The fourth-order valence-electron chi connectivity index (χ4n) is 2.03. The fraction of sp³-hybridized carbons (Fsp3) is 0.125. The zero-order chi connectivity index (χ0) is 17.1. The predicted molar refractivity (Wildman–Crippen MR) is 93.4 cm³/mol. The van der Waals surface area contributed by atoms with Crippen molar-refractivity contribution in [1.29, 1.82) is 0 Å². The van der Waals surface area contributed by atoms with Gasteiger partial charge in [0.05, 0.1) is 0 Å². The Morgan fingerprint density at radius 2 is 1.92 bits per heavy atom. The molecular weight excluding hydrogens is 374 g/mol. The second-order valence-electron chi connectivity index (χ2n) is 5.16. The molecule has 8 heteroatoms. The van der Waals surface area contributed by atoms with E-state index in [1.54, 1.807) is 25.1 Å². The standard InChI is InChI=1S/C16H14BrN5O2/c1-9-7-11(17)3-4-12(9)18-16(23)13-5-6-14(21-20-13)19-15-8-10(2)24-22-15/h3-8H,1-2H3,(H,18,23)(H,19,21,22). The van der Waals surface area contributed by atoms with Crippen LogP contribution in [0.2, 0.25) is 0 Å². The van der Waals surface area contributed by atoms with Gasteiger partial charge in [-0.05, 0) is 49.7 Å². The number of nitrogens with zero attached hydrogens (tertiary/aromatic N) is 3. The van der Waals surface area contributed by atoms with Crippen molar-refractivity contribution in [2.45, 2.75) is 13.8 Å². The first-order valence-corrected chi connectivity index (χ1v) is 7.92. The minimum Gasteiger partial charge on any atom is -0.360 e. The topological polar surface area (TPSA) is 92.9 Å². The van der Waals surface area contributed by atoms with Crippen molar-refractivity contribution in [1.82, 2.24) is 15.4 Å². The molecule has 122 valence electrons. The number of amides is 1. The van der Waals surface area contributed by atoms with E-state index in [2.05, 4.69) is 41.9 Å². The Labute approximate surface area is 146 Å². The Kier molecular flexibility index (Phi) is 4.57. The minimum absolute atomic E-state index is 0.221. The number of nitrogens with one attached hydrogen (secondary N) is 2. The first-order valence-electron chi connectivity index (χ1n) is 7.13. The van der Waals surface area contributed by atoms with Gasteiger partial charge in [0.1, 0.15) is 5.76 Å². The highest BCUT2D eigenvalue weighted by atomic mass is 79.9. The van der Waals surface area contributed by atoms with E-state index in [4.69, 9.17) is 4.52 Å². The smallest absolute Gasteiger partial charge is 0.276 e. The number of carbonyl (C=O) groups excluding carboxylic acids is 1. The van der Waals surface area contributed by atoms with Gasteiger partial charge < -0.3 is 15.2 Å².